The minimum absolute atomic E-state index is 0.499. The topological polar surface area (TPSA) is 52.6 Å². The third kappa shape index (κ3) is 7.14. The van der Waals surface area contributed by atoms with E-state index in [-0.39, 0.29) is 0 Å². The number of hydrogen-bond acceptors (Lipinski definition) is 4. The number of thiazole rings is 1. The largest absolute Gasteiger partial charge is 0.356 e. The summed E-state index contributed by atoms with van der Waals surface area (Å²) in [6.07, 6.45) is 1.98. The van der Waals surface area contributed by atoms with Crippen molar-refractivity contribution in [3.63, 3.8) is 0 Å². The predicted molar refractivity (Wildman–Crippen MR) is 112 cm³/mol. The molecule has 2 N–H and O–H groups in total. The summed E-state index contributed by atoms with van der Waals surface area (Å²) in [6, 6.07) is 11.1. The average Bonchev–Trinajstić information content (AvgIpc) is 3.06. The van der Waals surface area contributed by atoms with E-state index in [2.05, 4.69) is 75.2 Å². The van der Waals surface area contributed by atoms with Gasteiger partial charge in [-0.2, -0.15) is 0 Å². The highest BCUT2D eigenvalue weighted by atomic mass is 32.1. The van der Waals surface area contributed by atoms with Crippen LogP contribution in [0.3, 0.4) is 0 Å². The molecule has 0 spiro atoms. The van der Waals surface area contributed by atoms with Crippen molar-refractivity contribution >= 4 is 17.3 Å². The Morgan fingerprint density at radius 2 is 1.96 bits per heavy atom. The van der Waals surface area contributed by atoms with E-state index in [9.17, 15) is 0 Å². The molecule has 0 bridgehead atoms. The molecule has 0 aliphatic heterocycles. The molecule has 1 unspecified atom stereocenters. The van der Waals surface area contributed by atoms with Crippen molar-refractivity contribution in [3.05, 3.63) is 52.0 Å². The van der Waals surface area contributed by atoms with Crippen molar-refractivity contribution in [2.45, 2.75) is 39.3 Å². The lowest BCUT2D eigenvalue weighted by Gasteiger charge is -2.25. The first-order valence-corrected chi connectivity index (χ1v) is 10.1. The number of guanidine groups is 1. The number of nitrogens with one attached hydrogen (secondary N) is 2. The van der Waals surface area contributed by atoms with E-state index in [4.69, 9.17) is 0 Å². The van der Waals surface area contributed by atoms with E-state index in [1.807, 2.05) is 14.0 Å². The lowest BCUT2D eigenvalue weighted by atomic mass is 10.1. The van der Waals surface area contributed by atoms with Gasteiger partial charge < -0.3 is 10.6 Å². The highest BCUT2D eigenvalue weighted by Gasteiger charge is 2.09. The molecule has 0 radical (unpaired) electrons. The van der Waals surface area contributed by atoms with Crippen LogP contribution in [0.1, 0.15) is 29.6 Å². The lowest BCUT2D eigenvalue weighted by Crippen LogP contribution is -2.40. The van der Waals surface area contributed by atoms with Gasteiger partial charge in [0.2, 0.25) is 0 Å². The summed E-state index contributed by atoms with van der Waals surface area (Å²) in [5, 5.41) is 10.0. The molecule has 1 aromatic carbocycles. The molecule has 2 rings (SSSR count). The van der Waals surface area contributed by atoms with Crippen LogP contribution in [0.25, 0.3) is 0 Å². The van der Waals surface area contributed by atoms with Gasteiger partial charge in [-0.1, -0.05) is 30.3 Å². The maximum atomic E-state index is 4.49. The molecule has 1 aromatic heterocycles. The van der Waals surface area contributed by atoms with Gasteiger partial charge in [-0.15, -0.1) is 11.3 Å². The molecule has 0 fully saturated rings. The number of aromatic nitrogens is 1. The second-order valence-corrected chi connectivity index (χ2v) is 7.63. The standard InChI is InChI=1S/C20H31N5S/c1-16(25(4)14-18-8-6-5-7-9-18)10-12-22-20(21-3)23-13-11-19-15-26-17(2)24-19/h5-9,15-16H,10-14H2,1-4H3,(H2,21,22,23). The number of benzene rings is 1. The van der Waals surface area contributed by atoms with E-state index in [1.54, 1.807) is 11.3 Å². The van der Waals surface area contributed by atoms with Crippen LogP contribution in [0, 0.1) is 6.92 Å². The second kappa shape index (κ2) is 10.9. The monoisotopic (exact) mass is 373 g/mol. The second-order valence-electron chi connectivity index (χ2n) is 6.57. The van der Waals surface area contributed by atoms with Crippen LogP contribution >= 0.6 is 11.3 Å². The van der Waals surface area contributed by atoms with Crippen LogP contribution in [0.5, 0.6) is 0 Å². The van der Waals surface area contributed by atoms with Gasteiger partial charge in [0.1, 0.15) is 0 Å². The summed E-state index contributed by atoms with van der Waals surface area (Å²) >= 11 is 1.70. The number of rotatable bonds is 9. The molecule has 142 valence electrons. The van der Waals surface area contributed by atoms with E-state index >= 15 is 0 Å². The molecule has 6 heteroatoms. The number of nitrogens with zero attached hydrogens (tertiary/aromatic N) is 3. The Morgan fingerprint density at radius 1 is 1.23 bits per heavy atom. The number of hydrogen-bond donors (Lipinski definition) is 2. The first-order chi connectivity index (χ1) is 12.6. The maximum Gasteiger partial charge on any atom is 0.190 e. The normalized spacial score (nSPS) is 13.0. The molecule has 26 heavy (non-hydrogen) atoms. The Kier molecular flexibility index (Phi) is 8.58. The van der Waals surface area contributed by atoms with E-state index in [1.165, 1.54) is 5.56 Å². The highest BCUT2D eigenvalue weighted by molar-refractivity contribution is 7.09. The smallest absolute Gasteiger partial charge is 0.190 e. The molecule has 5 nitrogen and oxygen atoms in total. The zero-order chi connectivity index (χ0) is 18.8. The third-order valence-corrected chi connectivity index (χ3v) is 5.27. The molecule has 0 saturated heterocycles. The summed E-state index contributed by atoms with van der Waals surface area (Å²) in [4.78, 5) is 11.2. The molecule has 1 heterocycles. The van der Waals surface area contributed by atoms with E-state index in [0.717, 1.165) is 49.1 Å². The Hall–Kier alpha value is -1.92. The fourth-order valence-electron chi connectivity index (χ4n) is 2.70. The Morgan fingerprint density at radius 3 is 2.62 bits per heavy atom. The Bertz CT molecular complexity index is 668. The summed E-state index contributed by atoms with van der Waals surface area (Å²) in [6.45, 7) is 7.02. The molecule has 0 saturated carbocycles. The molecular weight excluding hydrogens is 342 g/mol. The van der Waals surface area contributed by atoms with E-state index in [0.29, 0.717) is 6.04 Å². The summed E-state index contributed by atoms with van der Waals surface area (Å²) in [7, 11) is 3.99. The molecule has 2 aromatic rings. The van der Waals surface area contributed by atoms with Crippen molar-refractivity contribution in [2.75, 3.05) is 27.2 Å². The minimum Gasteiger partial charge on any atom is -0.356 e. The van der Waals surface area contributed by atoms with Crippen molar-refractivity contribution in [2.24, 2.45) is 4.99 Å². The molecule has 0 amide bonds. The van der Waals surface area contributed by atoms with Gasteiger partial charge in [0.25, 0.3) is 0 Å². The van der Waals surface area contributed by atoms with Crippen molar-refractivity contribution in [1.29, 1.82) is 0 Å². The van der Waals surface area contributed by atoms with Gasteiger partial charge in [0.15, 0.2) is 5.96 Å². The maximum absolute atomic E-state index is 4.49. The van der Waals surface area contributed by atoms with Gasteiger partial charge in [0.05, 0.1) is 10.7 Å². The quantitative estimate of drug-likeness (QED) is 0.524. The molecule has 0 aliphatic carbocycles. The van der Waals surface area contributed by atoms with Gasteiger partial charge >= 0.3 is 0 Å². The SMILES string of the molecule is CN=C(NCCc1csc(C)n1)NCCC(C)N(C)Cc1ccccc1. The zero-order valence-corrected chi connectivity index (χ0v) is 17.1. The third-order valence-electron chi connectivity index (χ3n) is 4.45. The van der Waals surface area contributed by atoms with Gasteiger partial charge in [0, 0.05) is 44.5 Å². The Labute approximate surface area is 161 Å². The van der Waals surface area contributed by atoms with E-state index < -0.39 is 0 Å². The fraction of sp³-hybridized carbons (Fsp3) is 0.500. The van der Waals surface area contributed by atoms with Crippen LogP contribution in [0.2, 0.25) is 0 Å². The number of aryl methyl sites for hydroxylation is 1. The summed E-state index contributed by atoms with van der Waals surface area (Å²) in [5.41, 5.74) is 2.50. The molecule has 1 atom stereocenters. The first kappa shape index (κ1) is 20.4. The fourth-order valence-corrected chi connectivity index (χ4v) is 3.35. The Balaban J connectivity index is 1.64. The summed E-state index contributed by atoms with van der Waals surface area (Å²) < 4.78 is 0. The van der Waals surface area contributed by atoms with Crippen molar-refractivity contribution < 1.29 is 0 Å². The minimum atomic E-state index is 0.499. The number of aliphatic imine (C=N–C) groups is 1. The highest BCUT2D eigenvalue weighted by Crippen LogP contribution is 2.08. The van der Waals surface area contributed by atoms with Crippen LogP contribution < -0.4 is 10.6 Å². The predicted octanol–water partition coefficient (Wildman–Crippen LogP) is 3.07. The lowest BCUT2D eigenvalue weighted by molar-refractivity contribution is 0.238. The van der Waals surface area contributed by atoms with Crippen LogP contribution in [0.15, 0.2) is 40.7 Å². The van der Waals surface area contributed by atoms with Gasteiger partial charge in [-0.05, 0) is 32.9 Å². The molecule has 0 aliphatic rings. The first-order valence-electron chi connectivity index (χ1n) is 9.18. The summed E-state index contributed by atoms with van der Waals surface area (Å²) in [5.74, 6) is 0.856. The van der Waals surface area contributed by atoms with Crippen LogP contribution in [-0.4, -0.2) is 49.1 Å². The molecular formula is C20H31N5S. The van der Waals surface area contributed by atoms with Gasteiger partial charge in [-0.3, -0.25) is 9.89 Å². The van der Waals surface area contributed by atoms with Crippen molar-refractivity contribution in [1.82, 2.24) is 20.5 Å². The van der Waals surface area contributed by atoms with Crippen LogP contribution in [0.4, 0.5) is 0 Å². The zero-order valence-electron chi connectivity index (χ0n) is 16.3. The average molecular weight is 374 g/mol. The van der Waals surface area contributed by atoms with Crippen LogP contribution in [-0.2, 0) is 13.0 Å². The van der Waals surface area contributed by atoms with Crippen molar-refractivity contribution in [3.8, 4) is 0 Å². The van der Waals surface area contributed by atoms with Gasteiger partial charge in [-0.25, -0.2) is 4.98 Å².